The van der Waals surface area contributed by atoms with Gasteiger partial charge in [-0.2, -0.15) is 0 Å². The first-order chi connectivity index (χ1) is 9.52. The van der Waals surface area contributed by atoms with E-state index in [2.05, 4.69) is 15.5 Å². The quantitative estimate of drug-likeness (QED) is 0.826. The van der Waals surface area contributed by atoms with Crippen molar-refractivity contribution in [1.82, 2.24) is 20.1 Å². The maximum absolute atomic E-state index is 12.1. The summed E-state index contributed by atoms with van der Waals surface area (Å²) in [7, 11) is 3.42. The number of likely N-dealkylation sites (N-methyl/N-ethyl adjacent to an activating group) is 1. The number of rotatable bonds is 5. The highest BCUT2D eigenvalue weighted by Gasteiger charge is 2.46. The van der Waals surface area contributed by atoms with E-state index in [9.17, 15) is 4.79 Å². The minimum absolute atomic E-state index is 0.156. The van der Waals surface area contributed by atoms with Gasteiger partial charge in [0.25, 0.3) is 0 Å². The van der Waals surface area contributed by atoms with Gasteiger partial charge in [-0.1, -0.05) is 18.7 Å². The summed E-state index contributed by atoms with van der Waals surface area (Å²) in [4.78, 5) is 12.1. The summed E-state index contributed by atoms with van der Waals surface area (Å²) in [5, 5.41) is 12.8. The van der Waals surface area contributed by atoms with E-state index in [0.29, 0.717) is 5.25 Å². The van der Waals surface area contributed by atoms with Gasteiger partial charge in [0.15, 0.2) is 5.16 Å². The number of ether oxygens (including phenoxy) is 1. The monoisotopic (exact) mass is 298 g/mol. The molecule has 1 fully saturated rings. The van der Waals surface area contributed by atoms with Crippen LogP contribution in [0.15, 0.2) is 5.16 Å². The van der Waals surface area contributed by atoms with Crippen molar-refractivity contribution in [2.45, 2.75) is 49.1 Å². The van der Waals surface area contributed by atoms with E-state index in [0.717, 1.165) is 36.8 Å². The highest BCUT2D eigenvalue weighted by molar-refractivity contribution is 7.99. The van der Waals surface area contributed by atoms with Crippen molar-refractivity contribution in [3.05, 3.63) is 5.82 Å². The molecule has 20 heavy (non-hydrogen) atoms. The van der Waals surface area contributed by atoms with Gasteiger partial charge >= 0.3 is 5.97 Å². The second-order valence-electron chi connectivity index (χ2n) is 5.18. The first-order valence-corrected chi connectivity index (χ1v) is 7.76. The molecule has 1 N–H and O–H groups in total. The van der Waals surface area contributed by atoms with Crippen LogP contribution in [0.4, 0.5) is 0 Å². The van der Waals surface area contributed by atoms with E-state index in [1.807, 2.05) is 25.5 Å². The van der Waals surface area contributed by atoms with Gasteiger partial charge in [0, 0.05) is 12.3 Å². The highest BCUT2D eigenvalue weighted by atomic mass is 32.2. The van der Waals surface area contributed by atoms with Crippen LogP contribution in [-0.4, -0.2) is 45.2 Å². The summed E-state index contributed by atoms with van der Waals surface area (Å²) in [6.45, 7) is 4.70. The van der Waals surface area contributed by atoms with Gasteiger partial charge in [0.2, 0.25) is 0 Å². The lowest BCUT2D eigenvalue weighted by Crippen LogP contribution is -2.50. The maximum Gasteiger partial charge on any atom is 0.326 e. The number of carbonyl (C=O) groups excluding carboxylic acids is 1. The Morgan fingerprint density at radius 1 is 1.60 bits per heavy atom. The second kappa shape index (κ2) is 6.13. The highest BCUT2D eigenvalue weighted by Crippen LogP contribution is 2.40. The molecule has 0 saturated heterocycles. The number of methoxy groups -OCH3 is 1. The Bertz CT molecular complexity index is 491. The number of hydrogen-bond acceptors (Lipinski definition) is 6. The van der Waals surface area contributed by atoms with Gasteiger partial charge < -0.3 is 14.6 Å². The standard InChI is InChI=1S/C13H22N4O2S/c1-5-14-13(11(18)19-4)7-6-10(8-13)20-12-16-15-9(2)17(12)3/h10,14H,5-8H2,1-4H3. The topological polar surface area (TPSA) is 69.0 Å². The second-order valence-corrected chi connectivity index (χ2v) is 6.44. The molecule has 1 aliphatic carbocycles. The molecule has 1 heterocycles. The number of hydrogen-bond donors (Lipinski definition) is 1. The molecule has 2 rings (SSSR count). The van der Waals surface area contributed by atoms with Crippen molar-refractivity contribution in [3.8, 4) is 0 Å². The van der Waals surface area contributed by atoms with Gasteiger partial charge in [0.1, 0.15) is 11.4 Å². The first kappa shape index (κ1) is 15.3. The zero-order chi connectivity index (χ0) is 14.8. The van der Waals surface area contributed by atoms with Gasteiger partial charge in [-0.05, 0) is 32.7 Å². The van der Waals surface area contributed by atoms with Crippen LogP contribution in [0.5, 0.6) is 0 Å². The van der Waals surface area contributed by atoms with E-state index >= 15 is 0 Å². The predicted octanol–water partition coefficient (Wildman–Crippen LogP) is 1.29. The fourth-order valence-corrected chi connectivity index (χ4v) is 3.97. The molecule has 1 aromatic rings. The smallest absolute Gasteiger partial charge is 0.326 e. The van der Waals surface area contributed by atoms with E-state index in [4.69, 9.17) is 4.74 Å². The largest absolute Gasteiger partial charge is 0.468 e. The molecule has 2 atom stereocenters. The number of thioether (sulfide) groups is 1. The number of aryl methyl sites for hydroxylation is 1. The molecule has 1 aliphatic rings. The molecule has 1 aromatic heterocycles. The lowest BCUT2D eigenvalue weighted by atomic mass is 9.98. The molecule has 7 heteroatoms. The van der Waals surface area contributed by atoms with Crippen LogP contribution in [0.25, 0.3) is 0 Å². The molecule has 0 aliphatic heterocycles. The number of carbonyl (C=O) groups is 1. The molecular formula is C13H22N4O2S. The molecular weight excluding hydrogens is 276 g/mol. The Hall–Kier alpha value is -1.08. The van der Waals surface area contributed by atoms with Crippen LogP contribution >= 0.6 is 11.8 Å². The average molecular weight is 298 g/mol. The summed E-state index contributed by atoms with van der Waals surface area (Å²) in [6, 6.07) is 0. The lowest BCUT2D eigenvalue weighted by molar-refractivity contribution is -0.148. The van der Waals surface area contributed by atoms with Gasteiger partial charge in [-0.3, -0.25) is 4.79 Å². The third-order valence-corrected chi connectivity index (χ3v) is 5.19. The van der Waals surface area contributed by atoms with Crippen molar-refractivity contribution in [3.63, 3.8) is 0 Å². The molecule has 6 nitrogen and oxygen atoms in total. The maximum atomic E-state index is 12.1. The van der Waals surface area contributed by atoms with Crippen LogP contribution < -0.4 is 5.32 Å². The van der Waals surface area contributed by atoms with Gasteiger partial charge in [-0.15, -0.1) is 10.2 Å². The number of esters is 1. The zero-order valence-electron chi connectivity index (χ0n) is 12.5. The fraction of sp³-hybridized carbons (Fsp3) is 0.769. The van der Waals surface area contributed by atoms with Crippen LogP contribution in [0.1, 0.15) is 32.0 Å². The van der Waals surface area contributed by atoms with Crippen molar-refractivity contribution >= 4 is 17.7 Å². The lowest BCUT2D eigenvalue weighted by Gasteiger charge is -2.27. The molecule has 112 valence electrons. The zero-order valence-corrected chi connectivity index (χ0v) is 13.3. The molecule has 0 bridgehead atoms. The van der Waals surface area contributed by atoms with Crippen molar-refractivity contribution in [2.75, 3.05) is 13.7 Å². The van der Waals surface area contributed by atoms with Crippen LogP contribution in [0.2, 0.25) is 0 Å². The summed E-state index contributed by atoms with van der Waals surface area (Å²) in [6.07, 6.45) is 2.55. The predicted molar refractivity (Wildman–Crippen MR) is 77.7 cm³/mol. The first-order valence-electron chi connectivity index (χ1n) is 6.88. The number of nitrogens with zero attached hydrogens (tertiary/aromatic N) is 3. The van der Waals surface area contributed by atoms with E-state index < -0.39 is 5.54 Å². The molecule has 0 radical (unpaired) electrons. The normalized spacial score (nSPS) is 25.9. The molecule has 0 aromatic carbocycles. The average Bonchev–Trinajstić information content (AvgIpc) is 2.98. The van der Waals surface area contributed by atoms with Crippen molar-refractivity contribution in [2.24, 2.45) is 7.05 Å². The van der Waals surface area contributed by atoms with Crippen molar-refractivity contribution in [1.29, 1.82) is 0 Å². The molecule has 2 unspecified atom stereocenters. The minimum Gasteiger partial charge on any atom is -0.468 e. The fourth-order valence-electron chi connectivity index (χ4n) is 2.69. The van der Waals surface area contributed by atoms with E-state index in [1.54, 1.807) is 11.8 Å². The summed E-state index contributed by atoms with van der Waals surface area (Å²) >= 11 is 1.70. The number of aromatic nitrogens is 3. The van der Waals surface area contributed by atoms with Crippen molar-refractivity contribution < 1.29 is 9.53 Å². The third-order valence-electron chi connectivity index (χ3n) is 3.89. The molecule has 0 spiro atoms. The molecule has 0 amide bonds. The van der Waals surface area contributed by atoms with Crippen LogP contribution in [0, 0.1) is 6.92 Å². The minimum atomic E-state index is -0.533. The Morgan fingerprint density at radius 2 is 2.35 bits per heavy atom. The van der Waals surface area contributed by atoms with Gasteiger partial charge in [-0.25, -0.2) is 0 Å². The van der Waals surface area contributed by atoms with Crippen LogP contribution in [-0.2, 0) is 16.6 Å². The summed E-state index contributed by atoms with van der Waals surface area (Å²) in [5.74, 6) is 0.744. The van der Waals surface area contributed by atoms with Crippen LogP contribution in [0.3, 0.4) is 0 Å². The summed E-state index contributed by atoms with van der Waals surface area (Å²) < 4.78 is 6.95. The Labute approximate surface area is 123 Å². The Balaban J connectivity index is 2.07. The Kier molecular flexibility index (Phi) is 4.70. The Morgan fingerprint density at radius 3 is 2.90 bits per heavy atom. The third kappa shape index (κ3) is 2.83. The SMILES string of the molecule is CCNC1(C(=O)OC)CCC(Sc2nnc(C)n2C)C1. The van der Waals surface area contributed by atoms with Gasteiger partial charge in [0.05, 0.1) is 7.11 Å². The van der Waals surface area contributed by atoms with E-state index in [1.165, 1.54) is 7.11 Å². The van der Waals surface area contributed by atoms with E-state index in [-0.39, 0.29) is 5.97 Å². The summed E-state index contributed by atoms with van der Waals surface area (Å²) in [5.41, 5.74) is -0.533. The number of nitrogens with one attached hydrogen (secondary N) is 1. The molecule has 1 saturated carbocycles.